The molecule has 0 aliphatic rings. The van der Waals surface area contributed by atoms with Gasteiger partial charge >= 0.3 is 11.9 Å². The predicted octanol–water partition coefficient (Wildman–Crippen LogP) is 1.74. The van der Waals surface area contributed by atoms with Gasteiger partial charge in [0.2, 0.25) is 0 Å². The Balaban J connectivity index is 2.42. The Labute approximate surface area is 95.1 Å². The molecule has 0 bridgehead atoms. The lowest BCUT2D eigenvalue weighted by atomic mass is 10.1. The van der Waals surface area contributed by atoms with E-state index in [1.165, 1.54) is 24.4 Å². The van der Waals surface area contributed by atoms with E-state index in [9.17, 15) is 9.59 Å². The molecule has 2 aromatic rings. The Hall–Kier alpha value is -2.63. The van der Waals surface area contributed by atoms with E-state index in [2.05, 4.69) is 4.98 Å². The molecule has 0 atom stereocenters. The first kappa shape index (κ1) is 10.9. The summed E-state index contributed by atoms with van der Waals surface area (Å²) in [4.78, 5) is 25.0. The molecule has 0 saturated carbocycles. The van der Waals surface area contributed by atoms with Crippen LogP contribution >= 0.6 is 0 Å². The summed E-state index contributed by atoms with van der Waals surface area (Å²) in [6.07, 6.45) is 2.42. The number of hydrogen-bond acceptors (Lipinski definition) is 4. The van der Waals surface area contributed by atoms with Gasteiger partial charge in [-0.15, -0.1) is 0 Å². The number of pyridine rings is 1. The number of hydrogen-bond donors (Lipinski definition) is 2. The largest absolute Gasteiger partial charge is 0.478 e. The Kier molecular flexibility index (Phi) is 2.61. The average Bonchev–Trinajstić information content (AvgIpc) is 2.78. The fourth-order valence-corrected chi connectivity index (χ4v) is 1.30. The molecule has 2 aromatic heterocycles. The van der Waals surface area contributed by atoms with Crippen LogP contribution in [0.15, 0.2) is 35.1 Å². The minimum absolute atomic E-state index is 0.00804. The van der Waals surface area contributed by atoms with Gasteiger partial charge in [-0.25, -0.2) is 14.6 Å². The maximum Gasteiger partial charge on any atom is 0.354 e. The summed E-state index contributed by atoms with van der Waals surface area (Å²) < 4.78 is 5.05. The number of aromatic nitrogens is 1. The summed E-state index contributed by atoms with van der Waals surface area (Å²) in [7, 11) is 0. The molecule has 2 N–H and O–H groups in total. The molecule has 2 rings (SSSR count). The third-order valence-corrected chi connectivity index (χ3v) is 2.11. The van der Waals surface area contributed by atoms with Crippen molar-refractivity contribution in [3.8, 4) is 11.3 Å². The molecule has 0 radical (unpaired) electrons. The smallest absolute Gasteiger partial charge is 0.354 e. The van der Waals surface area contributed by atoms with Gasteiger partial charge in [-0.2, -0.15) is 0 Å². The molecule has 0 spiro atoms. The van der Waals surface area contributed by atoms with Crippen molar-refractivity contribution >= 4 is 11.9 Å². The predicted molar refractivity (Wildman–Crippen MR) is 55.9 cm³/mol. The number of carbonyl (C=O) groups is 2. The highest BCUT2D eigenvalue weighted by Gasteiger charge is 2.12. The van der Waals surface area contributed by atoms with Crippen LogP contribution in [0.2, 0.25) is 0 Å². The number of nitrogens with zero attached hydrogens (tertiary/aromatic N) is 1. The number of rotatable bonds is 3. The molecule has 86 valence electrons. The van der Waals surface area contributed by atoms with Crippen molar-refractivity contribution in [1.82, 2.24) is 4.98 Å². The molecular weight excluding hydrogens is 226 g/mol. The molecular formula is C11H7NO5. The molecule has 0 amide bonds. The van der Waals surface area contributed by atoms with Crippen LogP contribution in [0.1, 0.15) is 20.8 Å². The van der Waals surface area contributed by atoms with Gasteiger partial charge in [-0.1, -0.05) is 0 Å². The summed E-state index contributed by atoms with van der Waals surface area (Å²) in [6, 6.07) is 4.17. The first-order valence-corrected chi connectivity index (χ1v) is 4.59. The summed E-state index contributed by atoms with van der Waals surface area (Å²) in [6.45, 7) is 0. The summed E-state index contributed by atoms with van der Waals surface area (Å²) in [5, 5.41) is 17.5. The van der Waals surface area contributed by atoms with Gasteiger partial charge in [0.1, 0.15) is 17.7 Å². The Morgan fingerprint density at radius 3 is 2.53 bits per heavy atom. The van der Waals surface area contributed by atoms with Crippen LogP contribution in [0.3, 0.4) is 0 Å². The monoisotopic (exact) mass is 233 g/mol. The molecule has 2 heterocycles. The quantitative estimate of drug-likeness (QED) is 0.837. The van der Waals surface area contributed by atoms with Crippen LogP contribution in [0.5, 0.6) is 0 Å². The standard InChI is InChI=1S/C11H7NO5/c13-10(14)7-4-9(17-5-7)6-1-2-12-8(3-6)11(15)16/h1-5H,(H,13,14)(H,15,16). The SMILES string of the molecule is O=C(O)c1coc(-c2ccnc(C(=O)O)c2)c1. The highest BCUT2D eigenvalue weighted by Crippen LogP contribution is 2.22. The minimum Gasteiger partial charge on any atom is -0.478 e. The maximum atomic E-state index is 10.7. The van der Waals surface area contributed by atoms with E-state index in [-0.39, 0.29) is 17.0 Å². The zero-order chi connectivity index (χ0) is 12.4. The highest BCUT2D eigenvalue weighted by molar-refractivity contribution is 5.89. The third kappa shape index (κ3) is 2.15. The minimum atomic E-state index is -1.16. The number of furan rings is 1. The van der Waals surface area contributed by atoms with Crippen LogP contribution < -0.4 is 0 Å². The zero-order valence-electron chi connectivity index (χ0n) is 8.45. The lowest BCUT2D eigenvalue weighted by Gasteiger charge is -1.97. The van der Waals surface area contributed by atoms with Gasteiger partial charge in [-0.3, -0.25) is 0 Å². The molecule has 0 aliphatic carbocycles. The first-order chi connectivity index (χ1) is 8.08. The normalized spacial score (nSPS) is 10.1. The van der Waals surface area contributed by atoms with E-state index in [0.717, 1.165) is 6.26 Å². The van der Waals surface area contributed by atoms with Crippen LogP contribution in [-0.4, -0.2) is 27.1 Å². The molecule has 0 saturated heterocycles. The van der Waals surface area contributed by atoms with Gasteiger partial charge < -0.3 is 14.6 Å². The van der Waals surface area contributed by atoms with Crippen LogP contribution in [0.25, 0.3) is 11.3 Å². The van der Waals surface area contributed by atoms with Crippen molar-refractivity contribution < 1.29 is 24.2 Å². The van der Waals surface area contributed by atoms with Gasteiger partial charge in [-0.05, 0) is 18.2 Å². The van der Waals surface area contributed by atoms with Crippen molar-refractivity contribution in [2.24, 2.45) is 0 Å². The molecule has 0 fully saturated rings. The molecule has 6 nitrogen and oxygen atoms in total. The Morgan fingerprint density at radius 2 is 1.94 bits per heavy atom. The van der Waals surface area contributed by atoms with Gasteiger partial charge in [0.15, 0.2) is 0 Å². The maximum absolute atomic E-state index is 10.7. The lowest BCUT2D eigenvalue weighted by Crippen LogP contribution is -1.99. The van der Waals surface area contributed by atoms with E-state index >= 15 is 0 Å². The molecule has 6 heteroatoms. The van der Waals surface area contributed by atoms with E-state index in [1.807, 2.05) is 0 Å². The van der Waals surface area contributed by atoms with E-state index in [1.54, 1.807) is 0 Å². The molecule has 0 aliphatic heterocycles. The van der Waals surface area contributed by atoms with Crippen molar-refractivity contribution in [1.29, 1.82) is 0 Å². The second-order valence-corrected chi connectivity index (χ2v) is 3.24. The van der Waals surface area contributed by atoms with Gasteiger partial charge in [0.05, 0.1) is 5.56 Å². The third-order valence-electron chi connectivity index (χ3n) is 2.11. The highest BCUT2D eigenvalue weighted by atomic mass is 16.4. The van der Waals surface area contributed by atoms with E-state index in [4.69, 9.17) is 14.6 Å². The van der Waals surface area contributed by atoms with Crippen molar-refractivity contribution in [3.63, 3.8) is 0 Å². The first-order valence-electron chi connectivity index (χ1n) is 4.59. The Bertz CT molecular complexity index is 587. The van der Waals surface area contributed by atoms with Crippen molar-refractivity contribution in [2.75, 3.05) is 0 Å². The van der Waals surface area contributed by atoms with Crippen molar-refractivity contribution in [2.45, 2.75) is 0 Å². The second kappa shape index (κ2) is 4.09. The number of carboxylic acid groups (broad SMARTS) is 2. The van der Waals surface area contributed by atoms with Crippen LogP contribution in [0.4, 0.5) is 0 Å². The Morgan fingerprint density at radius 1 is 1.18 bits per heavy atom. The van der Waals surface area contributed by atoms with Gasteiger partial charge in [0, 0.05) is 11.8 Å². The summed E-state index contributed by atoms with van der Waals surface area (Å²) in [5.41, 5.74) is 0.342. The van der Waals surface area contributed by atoms with E-state index in [0.29, 0.717) is 5.56 Å². The zero-order valence-corrected chi connectivity index (χ0v) is 8.45. The summed E-state index contributed by atoms with van der Waals surface area (Å²) >= 11 is 0. The van der Waals surface area contributed by atoms with Crippen LogP contribution in [0, 0.1) is 0 Å². The number of aromatic carboxylic acids is 2. The van der Waals surface area contributed by atoms with Crippen LogP contribution in [-0.2, 0) is 0 Å². The van der Waals surface area contributed by atoms with E-state index < -0.39 is 11.9 Å². The summed E-state index contributed by atoms with van der Waals surface area (Å²) in [5.74, 6) is -1.98. The number of carboxylic acids is 2. The molecule has 17 heavy (non-hydrogen) atoms. The fraction of sp³-hybridized carbons (Fsp3) is 0. The topological polar surface area (TPSA) is 101 Å². The van der Waals surface area contributed by atoms with Crippen molar-refractivity contribution in [3.05, 3.63) is 41.9 Å². The average molecular weight is 233 g/mol. The van der Waals surface area contributed by atoms with Gasteiger partial charge in [0.25, 0.3) is 0 Å². The second-order valence-electron chi connectivity index (χ2n) is 3.24. The molecule has 0 unspecified atom stereocenters. The fourth-order valence-electron chi connectivity index (χ4n) is 1.30. The lowest BCUT2D eigenvalue weighted by molar-refractivity contribution is 0.0682. The molecule has 0 aromatic carbocycles.